The molecule has 0 unspecified atom stereocenters. The van der Waals surface area contributed by atoms with E-state index in [2.05, 4.69) is 10.6 Å². The third-order valence-corrected chi connectivity index (χ3v) is 2.89. The number of aliphatic hydroxyl groups is 2. The van der Waals surface area contributed by atoms with Crippen molar-refractivity contribution in [2.75, 3.05) is 13.2 Å². The predicted octanol–water partition coefficient (Wildman–Crippen LogP) is 2.09. The molecule has 0 heterocycles. The normalized spacial score (nSPS) is 14.6. The molecule has 2 amide bonds. The minimum absolute atomic E-state index is 0.233. The molecule has 26 heavy (non-hydrogen) atoms. The summed E-state index contributed by atoms with van der Waals surface area (Å²) < 4.78 is 10.3. The highest BCUT2D eigenvalue weighted by atomic mass is 16.6. The van der Waals surface area contributed by atoms with Crippen LogP contribution in [0.5, 0.6) is 0 Å². The van der Waals surface area contributed by atoms with Crippen LogP contribution in [0.2, 0.25) is 0 Å². The number of carbonyl (C=O) groups excluding carboxylic acids is 2. The van der Waals surface area contributed by atoms with Gasteiger partial charge in [-0.3, -0.25) is 0 Å². The van der Waals surface area contributed by atoms with Gasteiger partial charge < -0.3 is 30.3 Å². The van der Waals surface area contributed by atoms with Crippen LogP contribution in [-0.4, -0.2) is 58.9 Å². The van der Waals surface area contributed by atoms with Gasteiger partial charge in [-0.15, -0.1) is 0 Å². The summed E-state index contributed by atoms with van der Waals surface area (Å²) in [6.07, 6.45) is 3.12. The Morgan fingerprint density at radius 3 is 1.35 bits per heavy atom. The SMILES string of the molecule is CC(C)(C)OC(=O)N[C@H](CO)C/C=C\C[C@@H](CO)NC(=O)OC(C)(C)C. The smallest absolute Gasteiger partial charge is 0.407 e. The zero-order chi connectivity index (χ0) is 20.4. The number of aliphatic hydroxyl groups excluding tert-OH is 2. The Labute approximate surface area is 155 Å². The first-order valence-electron chi connectivity index (χ1n) is 8.72. The van der Waals surface area contributed by atoms with Crippen LogP contribution >= 0.6 is 0 Å². The molecule has 0 saturated carbocycles. The van der Waals surface area contributed by atoms with E-state index in [0.717, 1.165) is 0 Å². The van der Waals surface area contributed by atoms with Gasteiger partial charge in [-0.05, 0) is 54.4 Å². The Balaban J connectivity index is 4.34. The first kappa shape index (κ1) is 24.2. The fourth-order valence-electron chi connectivity index (χ4n) is 1.83. The number of carbonyl (C=O) groups is 2. The minimum atomic E-state index is -0.610. The maximum atomic E-state index is 11.7. The maximum absolute atomic E-state index is 11.7. The molecule has 0 aromatic heterocycles. The van der Waals surface area contributed by atoms with E-state index in [1.54, 1.807) is 53.7 Å². The van der Waals surface area contributed by atoms with E-state index >= 15 is 0 Å². The van der Waals surface area contributed by atoms with Crippen LogP contribution in [0.1, 0.15) is 54.4 Å². The average molecular weight is 374 g/mol. The molecule has 2 atom stereocenters. The van der Waals surface area contributed by atoms with E-state index in [1.807, 2.05) is 0 Å². The van der Waals surface area contributed by atoms with Crippen molar-refractivity contribution in [1.82, 2.24) is 10.6 Å². The maximum Gasteiger partial charge on any atom is 0.407 e. The van der Waals surface area contributed by atoms with Gasteiger partial charge in [0.2, 0.25) is 0 Å². The molecule has 0 spiro atoms. The van der Waals surface area contributed by atoms with E-state index < -0.39 is 35.5 Å². The number of alkyl carbamates (subject to hydrolysis) is 2. The molecule has 0 saturated heterocycles. The monoisotopic (exact) mass is 374 g/mol. The molecule has 152 valence electrons. The number of hydrogen-bond acceptors (Lipinski definition) is 6. The summed E-state index contributed by atoms with van der Waals surface area (Å²) in [6.45, 7) is 10.1. The van der Waals surface area contributed by atoms with E-state index in [1.165, 1.54) is 0 Å². The predicted molar refractivity (Wildman–Crippen MR) is 98.9 cm³/mol. The molecule has 0 aliphatic carbocycles. The summed E-state index contributed by atoms with van der Waals surface area (Å²) in [4.78, 5) is 23.4. The van der Waals surface area contributed by atoms with Crippen LogP contribution in [-0.2, 0) is 9.47 Å². The van der Waals surface area contributed by atoms with Crippen molar-refractivity contribution >= 4 is 12.2 Å². The zero-order valence-electron chi connectivity index (χ0n) is 16.7. The number of amides is 2. The molecule has 8 heteroatoms. The lowest BCUT2D eigenvalue weighted by atomic mass is 10.1. The van der Waals surface area contributed by atoms with Crippen LogP contribution in [0.25, 0.3) is 0 Å². The second-order valence-electron chi connectivity index (χ2n) is 7.99. The Kier molecular flexibility index (Phi) is 10.3. The zero-order valence-corrected chi connectivity index (χ0v) is 16.7. The van der Waals surface area contributed by atoms with E-state index in [9.17, 15) is 19.8 Å². The van der Waals surface area contributed by atoms with Crippen LogP contribution < -0.4 is 10.6 Å². The van der Waals surface area contributed by atoms with Gasteiger partial charge in [-0.1, -0.05) is 12.2 Å². The van der Waals surface area contributed by atoms with Gasteiger partial charge in [-0.2, -0.15) is 0 Å². The van der Waals surface area contributed by atoms with Gasteiger partial charge in [-0.25, -0.2) is 9.59 Å². The Morgan fingerprint density at radius 2 is 1.12 bits per heavy atom. The summed E-state index contributed by atoms with van der Waals surface area (Å²) in [5, 5.41) is 23.8. The molecular weight excluding hydrogens is 340 g/mol. The first-order chi connectivity index (χ1) is 11.9. The minimum Gasteiger partial charge on any atom is -0.444 e. The third-order valence-electron chi connectivity index (χ3n) is 2.89. The summed E-state index contributed by atoms with van der Waals surface area (Å²) in [5.74, 6) is 0. The van der Waals surface area contributed by atoms with Crippen molar-refractivity contribution in [2.45, 2.75) is 77.7 Å². The number of rotatable bonds is 8. The summed E-state index contributed by atoms with van der Waals surface area (Å²) in [5.41, 5.74) is -1.22. The Bertz CT molecular complexity index is 423. The topological polar surface area (TPSA) is 117 Å². The summed E-state index contributed by atoms with van der Waals surface area (Å²) >= 11 is 0. The lowest BCUT2D eigenvalue weighted by molar-refractivity contribution is 0.0471. The van der Waals surface area contributed by atoms with Crippen molar-refractivity contribution in [3.63, 3.8) is 0 Å². The number of ether oxygens (including phenoxy) is 2. The van der Waals surface area contributed by atoms with Crippen molar-refractivity contribution in [2.24, 2.45) is 0 Å². The second-order valence-corrected chi connectivity index (χ2v) is 7.99. The fraction of sp³-hybridized carbons (Fsp3) is 0.778. The summed E-state index contributed by atoms with van der Waals surface area (Å²) in [7, 11) is 0. The molecular formula is C18H34N2O6. The van der Waals surface area contributed by atoms with Gasteiger partial charge >= 0.3 is 12.2 Å². The van der Waals surface area contributed by atoms with Gasteiger partial charge in [0.25, 0.3) is 0 Å². The molecule has 0 fully saturated rings. The average Bonchev–Trinajstić information content (AvgIpc) is 2.45. The second kappa shape index (κ2) is 11.0. The lowest BCUT2D eigenvalue weighted by Gasteiger charge is -2.22. The van der Waals surface area contributed by atoms with Gasteiger partial charge in [0, 0.05) is 0 Å². The molecule has 0 aromatic rings. The van der Waals surface area contributed by atoms with Gasteiger partial charge in [0.15, 0.2) is 0 Å². The first-order valence-corrected chi connectivity index (χ1v) is 8.72. The van der Waals surface area contributed by atoms with Gasteiger partial charge in [0.05, 0.1) is 25.3 Å². The molecule has 0 radical (unpaired) electrons. The van der Waals surface area contributed by atoms with Crippen LogP contribution in [0.15, 0.2) is 12.2 Å². The van der Waals surface area contributed by atoms with Crippen molar-refractivity contribution in [3.05, 3.63) is 12.2 Å². The van der Waals surface area contributed by atoms with Gasteiger partial charge in [0.1, 0.15) is 11.2 Å². The third kappa shape index (κ3) is 13.5. The van der Waals surface area contributed by atoms with E-state index in [4.69, 9.17) is 9.47 Å². The van der Waals surface area contributed by atoms with Crippen LogP contribution in [0, 0.1) is 0 Å². The molecule has 0 bridgehead atoms. The molecule has 0 aromatic carbocycles. The van der Waals surface area contributed by atoms with E-state index in [0.29, 0.717) is 12.8 Å². The quantitative estimate of drug-likeness (QED) is 0.483. The van der Waals surface area contributed by atoms with Crippen molar-refractivity contribution in [1.29, 1.82) is 0 Å². The molecule has 0 aliphatic heterocycles. The molecule has 8 nitrogen and oxygen atoms in total. The highest BCUT2D eigenvalue weighted by Gasteiger charge is 2.19. The largest absolute Gasteiger partial charge is 0.444 e. The molecule has 0 rings (SSSR count). The van der Waals surface area contributed by atoms with Crippen molar-refractivity contribution < 1.29 is 29.3 Å². The molecule has 0 aliphatic rings. The van der Waals surface area contributed by atoms with Crippen LogP contribution in [0.3, 0.4) is 0 Å². The van der Waals surface area contributed by atoms with Crippen LogP contribution in [0.4, 0.5) is 9.59 Å². The number of nitrogens with one attached hydrogen (secondary N) is 2. The van der Waals surface area contributed by atoms with Crippen molar-refractivity contribution in [3.8, 4) is 0 Å². The fourth-order valence-corrected chi connectivity index (χ4v) is 1.83. The molecule has 4 N–H and O–H groups in total. The highest BCUT2D eigenvalue weighted by Crippen LogP contribution is 2.08. The lowest BCUT2D eigenvalue weighted by Crippen LogP contribution is -2.41. The highest BCUT2D eigenvalue weighted by molar-refractivity contribution is 5.68. The number of hydrogen-bond donors (Lipinski definition) is 4. The Hall–Kier alpha value is -1.80. The Morgan fingerprint density at radius 1 is 0.808 bits per heavy atom. The summed E-state index contributed by atoms with van der Waals surface area (Å²) in [6, 6.07) is -0.958. The standard InChI is InChI=1S/C18H34N2O6/c1-17(2,3)25-15(23)19-13(11-21)9-7-8-10-14(12-22)20-16(24)26-18(4,5)6/h7-8,13-14,21-22H,9-12H2,1-6H3,(H,19,23)(H,20,24)/b8-7-/t13-,14-/m0/s1. The van der Waals surface area contributed by atoms with E-state index in [-0.39, 0.29) is 13.2 Å².